The average molecular weight is 339 g/mol. The van der Waals surface area contributed by atoms with Gasteiger partial charge in [-0.25, -0.2) is 8.78 Å². The van der Waals surface area contributed by atoms with Gasteiger partial charge < -0.3 is 0 Å². The van der Waals surface area contributed by atoms with Crippen molar-refractivity contribution in [2.24, 2.45) is 0 Å². The maximum atomic E-state index is 14.0. The molecule has 2 rings (SSSR count). The van der Waals surface area contributed by atoms with Gasteiger partial charge in [0.25, 0.3) is 0 Å². The quantitative estimate of drug-likeness (QED) is 0.617. The lowest BCUT2D eigenvalue weighted by Gasteiger charge is -2.21. The van der Waals surface area contributed by atoms with Crippen LogP contribution in [-0.2, 0) is 0 Å². The molecule has 3 heteroatoms. The van der Waals surface area contributed by atoms with Crippen LogP contribution in [0.3, 0.4) is 0 Å². The van der Waals surface area contributed by atoms with Gasteiger partial charge in [-0.05, 0) is 67.6 Å². The van der Waals surface area contributed by atoms with Gasteiger partial charge in [0, 0.05) is 5.56 Å². The SMILES string of the molecule is Cc1cc(C)c(C)c(C(Br)c2c(F)cccc2F)c1C. The molecule has 0 nitrogen and oxygen atoms in total. The van der Waals surface area contributed by atoms with Crippen molar-refractivity contribution in [1.29, 1.82) is 0 Å². The number of rotatable bonds is 2. The zero-order valence-electron chi connectivity index (χ0n) is 12.0. The van der Waals surface area contributed by atoms with Gasteiger partial charge in [0.15, 0.2) is 0 Å². The van der Waals surface area contributed by atoms with E-state index < -0.39 is 16.5 Å². The van der Waals surface area contributed by atoms with E-state index in [2.05, 4.69) is 22.0 Å². The van der Waals surface area contributed by atoms with Crippen molar-refractivity contribution in [3.05, 3.63) is 69.3 Å². The third kappa shape index (κ3) is 2.51. The third-order valence-corrected chi connectivity index (χ3v) is 4.85. The topological polar surface area (TPSA) is 0 Å². The minimum Gasteiger partial charge on any atom is -0.207 e. The van der Waals surface area contributed by atoms with Crippen LogP contribution in [0.1, 0.15) is 38.2 Å². The second-order valence-electron chi connectivity index (χ2n) is 5.17. The maximum Gasteiger partial charge on any atom is 0.130 e. The standard InChI is InChI=1S/C17H17BrF2/c1-9-8-10(2)12(4)15(11(9)3)17(18)16-13(19)6-5-7-14(16)20/h5-8,17H,1-4H3. The summed E-state index contributed by atoms with van der Waals surface area (Å²) in [5.74, 6) is -1.05. The Labute approximate surface area is 127 Å². The molecule has 0 fully saturated rings. The van der Waals surface area contributed by atoms with Crippen molar-refractivity contribution in [2.45, 2.75) is 32.5 Å². The summed E-state index contributed by atoms with van der Waals surface area (Å²) in [6.45, 7) is 8.01. The zero-order valence-corrected chi connectivity index (χ0v) is 13.6. The lowest BCUT2D eigenvalue weighted by atomic mass is 9.90. The lowest BCUT2D eigenvalue weighted by molar-refractivity contribution is 0.560. The summed E-state index contributed by atoms with van der Waals surface area (Å²) in [6.07, 6.45) is 0. The Morgan fingerprint density at radius 2 is 1.30 bits per heavy atom. The van der Waals surface area contributed by atoms with Gasteiger partial charge in [-0.15, -0.1) is 0 Å². The molecule has 20 heavy (non-hydrogen) atoms. The molecule has 2 aromatic carbocycles. The van der Waals surface area contributed by atoms with Crippen molar-refractivity contribution in [2.75, 3.05) is 0 Å². The molecule has 1 atom stereocenters. The molecule has 0 heterocycles. The Balaban J connectivity index is 2.69. The Bertz CT molecular complexity index is 616. The van der Waals surface area contributed by atoms with Crippen LogP contribution in [0.15, 0.2) is 24.3 Å². The maximum absolute atomic E-state index is 14.0. The number of hydrogen-bond acceptors (Lipinski definition) is 0. The molecule has 0 bridgehead atoms. The smallest absolute Gasteiger partial charge is 0.130 e. The molecule has 0 N–H and O–H groups in total. The molecular weight excluding hydrogens is 322 g/mol. The van der Waals surface area contributed by atoms with Crippen molar-refractivity contribution in [3.63, 3.8) is 0 Å². The van der Waals surface area contributed by atoms with E-state index in [9.17, 15) is 8.78 Å². The van der Waals surface area contributed by atoms with Gasteiger partial charge in [0.1, 0.15) is 11.6 Å². The highest BCUT2D eigenvalue weighted by Gasteiger charge is 2.23. The van der Waals surface area contributed by atoms with E-state index in [0.29, 0.717) is 0 Å². The van der Waals surface area contributed by atoms with Crippen LogP contribution in [0.25, 0.3) is 0 Å². The Kier molecular flexibility index (Phi) is 4.28. The van der Waals surface area contributed by atoms with Crippen LogP contribution < -0.4 is 0 Å². The van der Waals surface area contributed by atoms with Crippen molar-refractivity contribution in [1.82, 2.24) is 0 Å². The van der Waals surface area contributed by atoms with E-state index in [1.807, 2.05) is 27.7 Å². The Hall–Kier alpha value is -1.22. The van der Waals surface area contributed by atoms with Crippen LogP contribution >= 0.6 is 15.9 Å². The summed E-state index contributed by atoms with van der Waals surface area (Å²) in [5.41, 5.74) is 5.42. The van der Waals surface area contributed by atoms with E-state index in [0.717, 1.165) is 27.8 Å². The Morgan fingerprint density at radius 1 is 0.850 bits per heavy atom. The first-order valence-electron chi connectivity index (χ1n) is 6.49. The van der Waals surface area contributed by atoms with Crippen molar-refractivity contribution < 1.29 is 8.78 Å². The van der Waals surface area contributed by atoms with E-state index in [-0.39, 0.29) is 5.56 Å². The molecule has 106 valence electrons. The summed E-state index contributed by atoms with van der Waals surface area (Å²) in [6, 6.07) is 6.07. The number of aryl methyl sites for hydroxylation is 2. The van der Waals surface area contributed by atoms with Crippen LogP contribution in [-0.4, -0.2) is 0 Å². The normalized spacial score (nSPS) is 12.6. The molecule has 0 aliphatic heterocycles. The summed E-state index contributed by atoms with van der Waals surface area (Å²) in [5, 5.41) is 0. The van der Waals surface area contributed by atoms with Gasteiger partial charge >= 0.3 is 0 Å². The van der Waals surface area contributed by atoms with E-state index >= 15 is 0 Å². The number of alkyl halides is 1. The first-order chi connectivity index (χ1) is 9.34. The predicted octanol–water partition coefficient (Wildman–Crippen LogP) is 5.68. The van der Waals surface area contributed by atoms with E-state index in [1.54, 1.807) is 0 Å². The molecule has 0 aliphatic rings. The average Bonchev–Trinajstić information content (AvgIpc) is 2.36. The number of hydrogen-bond donors (Lipinski definition) is 0. The highest BCUT2D eigenvalue weighted by atomic mass is 79.9. The fourth-order valence-corrected chi connectivity index (χ4v) is 3.65. The molecule has 0 aromatic heterocycles. The highest BCUT2D eigenvalue weighted by molar-refractivity contribution is 9.09. The molecular formula is C17H17BrF2. The highest BCUT2D eigenvalue weighted by Crippen LogP contribution is 2.39. The van der Waals surface area contributed by atoms with Crippen molar-refractivity contribution in [3.8, 4) is 0 Å². The molecule has 0 aliphatic carbocycles. The summed E-state index contributed by atoms with van der Waals surface area (Å²) in [4.78, 5) is -0.484. The van der Waals surface area contributed by atoms with Crippen LogP contribution in [0.4, 0.5) is 8.78 Å². The van der Waals surface area contributed by atoms with E-state index in [4.69, 9.17) is 0 Å². The van der Waals surface area contributed by atoms with Gasteiger partial charge in [0.05, 0.1) is 4.83 Å². The zero-order chi connectivity index (χ0) is 15.0. The lowest BCUT2D eigenvalue weighted by Crippen LogP contribution is -2.06. The molecule has 0 spiro atoms. The second-order valence-corrected chi connectivity index (χ2v) is 6.09. The number of halogens is 3. The van der Waals surface area contributed by atoms with E-state index in [1.165, 1.54) is 18.2 Å². The molecule has 0 saturated carbocycles. The summed E-state index contributed by atoms with van der Waals surface area (Å²) in [7, 11) is 0. The van der Waals surface area contributed by atoms with Gasteiger partial charge in [-0.1, -0.05) is 28.1 Å². The first kappa shape index (κ1) is 15.2. The minimum atomic E-state index is -0.523. The summed E-state index contributed by atoms with van der Waals surface area (Å²) >= 11 is 3.49. The third-order valence-electron chi connectivity index (χ3n) is 3.93. The number of benzene rings is 2. The van der Waals surface area contributed by atoms with Crippen molar-refractivity contribution >= 4 is 15.9 Å². The largest absolute Gasteiger partial charge is 0.207 e. The summed E-state index contributed by atoms with van der Waals surface area (Å²) < 4.78 is 28.0. The first-order valence-corrected chi connectivity index (χ1v) is 7.41. The monoisotopic (exact) mass is 338 g/mol. The minimum absolute atomic E-state index is 0.0729. The molecule has 0 radical (unpaired) electrons. The fourth-order valence-electron chi connectivity index (χ4n) is 2.52. The van der Waals surface area contributed by atoms with Gasteiger partial charge in [-0.2, -0.15) is 0 Å². The Morgan fingerprint density at radius 3 is 1.75 bits per heavy atom. The van der Waals surface area contributed by atoms with Crippen LogP contribution in [0, 0.1) is 39.3 Å². The molecule has 0 saturated heterocycles. The fraction of sp³-hybridized carbons (Fsp3) is 0.294. The van der Waals surface area contributed by atoms with Crippen LogP contribution in [0.2, 0.25) is 0 Å². The predicted molar refractivity (Wildman–Crippen MR) is 82.5 cm³/mol. The molecule has 1 unspecified atom stereocenters. The molecule has 2 aromatic rings. The molecule has 0 amide bonds. The van der Waals surface area contributed by atoms with Gasteiger partial charge in [0.2, 0.25) is 0 Å². The van der Waals surface area contributed by atoms with Crippen LogP contribution in [0.5, 0.6) is 0 Å². The van der Waals surface area contributed by atoms with Gasteiger partial charge in [-0.3, -0.25) is 0 Å². The second kappa shape index (κ2) is 5.65.